The minimum Gasteiger partial charge on any atom is -0.381 e. The summed E-state index contributed by atoms with van der Waals surface area (Å²) >= 11 is 0. The van der Waals surface area contributed by atoms with Crippen LogP contribution in [0.3, 0.4) is 0 Å². The first-order chi connectivity index (χ1) is 7.18. The molecule has 1 heteroatoms. The van der Waals surface area contributed by atoms with E-state index in [4.69, 9.17) is 0 Å². The molecule has 1 aliphatic carbocycles. The second kappa shape index (κ2) is 6.28. The normalized spacial score (nSPS) is 15.8. The summed E-state index contributed by atoms with van der Waals surface area (Å²) < 4.78 is 0. The highest BCUT2D eigenvalue weighted by Gasteiger charge is 1.96. The minimum absolute atomic E-state index is 0.581. The van der Waals surface area contributed by atoms with Crippen LogP contribution in [-0.2, 0) is 0 Å². The van der Waals surface area contributed by atoms with E-state index in [1.807, 2.05) is 0 Å². The van der Waals surface area contributed by atoms with E-state index in [2.05, 4.69) is 56.1 Å². The van der Waals surface area contributed by atoms with Crippen LogP contribution in [0.4, 0.5) is 0 Å². The van der Waals surface area contributed by atoms with Gasteiger partial charge in [-0.1, -0.05) is 44.7 Å². The van der Waals surface area contributed by atoms with Gasteiger partial charge >= 0.3 is 0 Å². The summed E-state index contributed by atoms with van der Waals surface area (Å²) in [7, 11) is 0. The van der Waals surface area contributed by atoms with E-state index >= 15 is 0 Å². The minimum atomic E-state index is 0.581. The highest BCUT2D eigenvalue weighted by atomic mass is 14.9. The van der Waals surface area contributed by atoms with E-state index in [1.165, 1.54) is 18.4 Å². The molecule has 0 heterocycles. The lowest BCUT2D eigenvalue weighted by atomic mass is 10.1. The van der Waals surface area contributed by atoms with Gasteiger partial charge in [0.05, 0.1) is 0 Å². The summed E-state index contributed by atoms with van der Waals surface area (Å²) in [4.78, 5) is 0. The van der Waals surface area contributed by atoms with Gasteiger partial charge in [0, 0.05) is 12.2 Å². The molecule has 0 unspecified atom stereocenters. The highest BCUT2D eigenvalue weighted by Crippen LogP contribution is 2.08. The molecule has 1 N–H and O–H groups in total. The molecule has 0 aromatic heterocycles. The molecule has 0 aromatic carbocycles. The van der Waals surface area contributed by atoms with E-state index in [0.717, 1.165) is 12.2 Å². The van der Waals surface area contributed by atoms with Crippen molar-refractivity contribution in [2.45, 2.75) is 26.7 Å². The molecular formula is C14H21N. The smallest absolute Gasteiger partial charge is 0.0397 e. The number of nitrogens with one attached hydrogen (secondary N) is 1. The van der Waals surface area contributed by atoms with Crippen molar-refractivity contribution in [2.75, 3.05) is 6.54 Å². The first-order valence-corrected chi connectivity index (χ1v) is 5.65. The standard InChI is InChI=1S/C14H21N/c1-12(2)9-10-13(3)15-11-14-7-5-4-6-8-14/h5,7-10,12,15H,3-4,6,11H2,1-2H3/b10-9+. The lowest BCUT2D eigenvalue weighted by Crippen LogP contribution is -2.14. The lowest BCUT2D eigenvalue weighted by molar-refractivity contribution is 0.824. The molecule has 0 amide bonds. The Morgan fingerprint density at radius 1 is 1.53 bits per heavy atom. The lowest BCUT2D eigenvalue weighted by Gasteiger charge is -2.09. The topological polar surface area (TPSA) is 12.0 Å². The van der Waals surface area contributed by atoms with Crippen molar-refractivity contribution in [3.63, 3.8) is 0 Å². The second-order valence-corrected chi connectivity index (χ2v) is 4.24. The molecule has 0 bridgehead atoms. The first kappa shape index (κ1) is 11.8. The Kier molecular flexibility index (Phi) is 4.96. The van der Waals surface area contributed by atoms with Crippen LogP contribution in [-0.4, -0.2) is 6.54 Å². The Morgan fingerprint density at radius 2 is 2.33 bits per heavy atom. The van der Waals surface area contributed by atoms with Crippen molar-refractivity contribution in [3.05, 3.63) is 48.2 Å². The number of hydrogen-bond donors (Lipinski definition) is 1. The van der Waals surface area contributed by atoms with E-state index < -0.39 is 0 Å². The SMILES string of the molecule is C=C(/C=C/C(C)C)NCC1=CCCC=C1. The predicted octanol–water partition coefficient (Wildman–Crippen LogP) is 3.58. The zero-order valence-corrected chi connectivity index (χ0v) is 9.79. The van der Waals surface area contributed by atoms with Gasteiger partial charge in [0.15, 0.2) is 0 Å². The van der Waals surface area contributed by atoms with Crippen LogP contribution in [0.25, 0.3) is 0 Å². The largest absolute Gasteiger partial charge is 0.381 e. The Bertz CT molecular complexity index is 292. The van der Waals surface area contributed by atoms with Crippen molar-refractivity contribution in [1.29, 1.82) is 0 Å². The fourth-order valence-electron chi connectivity index (χ4n) is 1.38. The fraction of sp³-hybridized carbons (Fsp3) is 0.429. The van der Waals surface area contributed by atoms with E-state index in [-0.39, 0.29) is 0 Å². The quantitative estimate of drug-likeness (QED) is 0.673. The molecule has 0 aromatic rings. The molecule has 15 heavy (non-hydrogen) atoms. The molecule has 0 atom stereocenters. The van der Waals surface area contributed by atoms with Gasteiger partial charge in [0.1, 0.15) is 0 Å². The molecule has 0 aliphatic heterocycles. The van der Waals surface area contributed by atoms with Gasteiger partial charge in [-0.15, -0.1) is 0 Å². The van der Waals surface area contributed by atoms with Gasteiger partial charge in [0.2, 0.25) is 0 Å². The van der Waals surface area contributed by atoms with E-state index in [9.17, 15) is 0 Å². The molecule has 1 rings (SSSR count). The molecule has 82 valence electrons. The van der Waals surface area contributed by atoms with Crippen molar-refractivity contribution < 1.29 is 0 Å². The van der Waals surface area contributed by atoms with Crippen LogP contribution < -0.4 is 5.32 Å². The molecule has 0 fully saturated rings. The third-order valence-electron chi connectivity index (χ3n) is 2.27. The van der Waals surface area contributed by atoms with Crippen LogP contribution >= 0.6 is 0 Å². The van der Waals surface area contributed by atoms with Gasteiger partial charge in [-0.25, -0.2) is 0 Å². The molecule has 0 radical (unpaired) electrons. The predicted molar refractivity (Wildman–Crippen MR) is 67.6 cm³/mol. The van der Waals surface area contributed by atoms with Crippen LogP contribution in [0.1, 0.15) is 26.7 Å². The number of hydrogen-bond acceptors (Lipinski definition) is 1. The molecule has 1 nitrogen and oxygen atoms in total. The maximum absolute atomic E-state index is 3.96. The summed E-state index contributed by atoms with van der Waals surface area (Å²) in [6, 6.07) is 0. The summed E-state index contributed by atoms with van der Waals surface area (Å²) in [5.74, 6) is 0.581. The van der Waals surface area contributed by atoms with Crippen LogP contribution in [0.5, 0.6) is 0 Å². The first-order valence-electron chi connectivity index (χ1n) is 5.65. The Balaban J connectivity index is 2.28. The summed E-state index contributed by atoms with van der Waals surface area (Å²) in [5.41, 5.74) is 2.35. The van der Waals surface area contributed by atoms with Gasteiger partial charge in [-0.3, -0.25) is 0 Å². The average Bonchev–Trinajstić information content (AvgIpc) is 2.25. The van der Waals surface area contributed by atoms with Crippen LogP contribution in [0, 0.1) is 5.92 Å². The monoisotopic (exact) mass is 203 g/mol. The average molecular weight is 203 g/mol. The number of allylic oxidation sites excluding steroid dienone is 4. The van der Waals surface area contributed by atoms with Gasteiger partial charge in [0.25, 0.3) is 0 Å². The van der Waals surface area contributed by atoms with Gasteiger partial charge in [-0.05, 0) is 30.4 Å². The zero-order valence-electron chi connectivity index (χ0n) is 9.79. The Labute approximate surface area is 93.3 Å². The van der Waals surface area contributed by atoms with Gasteiger partial charge < -0.3 is 5.32 Å². The highest BCUT2D eigenvalue weighted by molar-refractivity contribution is 5.25. The van der Waals surface area contributed by atoms with Crippen molar-refractivity contribution >= 4 is 0 Å². The second-order valence-electron chi connectivity index (χ2n) is 4.24. The Hall–Kier alpha value is -1.24. The summed E-state index contributed by atoms with van der Waals surface area (Å²) in [6.07, 6.45) is 13.3. The van der Waals surface area contributed by atoms with E-state index in [0.29, 0.717) is 5.92 Å². The van der Waals surface area contributed by atoms with Crippen molar-refractivity contribution in [1.82, 2.24) is 5.32 Å². The molecule has 0 saturated carbocycles. The maximum atomic E-state index is 3.96. The number of rotatable bonds is 5. The van der Waals surface area contributed by atoms with Crippen LogP contribution in [0.15, 0.2) is 48.2 Å². The maximum Gasteiger partial charge on any atom is 0.0397 e. The van der Waals surface area contributed by atoms with Crippen molar-refractivity contribution in [2.24, 2.45) is 5.92 Å². The van der Waals surface area contributed by atoms with E-state index in [1.54, 1.807) is 0 Å². The van der Waals surface area contributed by atoms with Crippen molar-refractivity contribution in [3.8, 4) is 0 Å². The molecule has 0 saturated heterocycles. The fourth-order valence-corrected chi connectivity index (χ4v) is 1.38. The summed E-state index contributed by atoms with van der Waals surface area (Å²) in [5, 5.41) is 3.31. The Morgan fingerprint density at radius 3 is 2.93 bits per heavy atom. The van der Waals surface area contributed by atoms with Crippen LogP contribution in [0.2, 0.25) is 0 Å². The summed E-state index contributed by atoms with van der Waals surface area (Å²) in [6.45, 7) is 9.17. The van der Waals surface area contributed by atoms with Gasteiger partial charge in [-0.2, -0.15) is 0 Å². The molecule has 1 aliphatic rings. The zero-order chi connectivity index (χ0) is 11.1. The molecular weight excluding hydrogens is 182 g/mol. The third-order valence-corrected chi connectivity index (χ3v) is 2.27. The third kappa shape index (κ3) is 5.26. The molecule has 0 spiro atoms.